The molecule has 1 rings (SSSR count). The summed E-state index contributed by atoms with van der Waals surface area (Å²) in [5.74, 6) is 0. The molecule has 1 fully saturated rings. The van der Waals surface area contributed by atoms with E-state index in [1.807, 2.05) is 0 Å². The molecule has 0 aliphatic carbocycles. The van der Waals surface area contributed by atoms with Crippen molar-refractivity contribution >= 4 is 0 Å². The monoisotopic (exact) mass is 307 g/mol. The fraction of sp³-hybridized carbons (Fsp3) is 0.905. The molecule has 1 aliphatic heterocycles. The molecule has 0 radical (unpaired) electrons. The molecule has 1 saturated heterocycles. The van der Waals surface area contributed by atoms with Crippen LogP contribution < -0.4 is 0 Å². The summed E-state index contributed by atoms with van der Waals surface area (Å²) in [6.07, 6.45) is 23.6. The van der Waals surface area contributed by atoms with Gasteiger partial charge in [-0.25, -0.2) is 0 Å². The largest absolute Gasteiger partial charge is 0.375 e. The van der Waals surface area contributed by atoms with E-state index in [1.165, 1.54) is 109 Å². The summed E-state index contributed by atoms with van der Waals surface area (Å²) < 4.78 is 0. The van der Waals surface area contributed by atoms with E-state index in [2.05, 4.69) is 24.8 Å². The van der Waals surface area contributed by atoms with Crippen LogP contribution in [0.25, 0.3) is 0 Å². The second-order valence-electron chi connectivity index (χ2n) is 7.11. The first-order valence-electron chi connectivity index (χ1n) is 10.3. The third kappa shape index (κ3) is 9.54. The quantitative estimate of drug-likeness (QED) is 0.329. The molecule has 0 unspecified atom stereocenters. The van der Waals surface area contributed by atoms with Gasteiger partial charge in [-0.3, -0.25) is 0 Å². The van der Waals surface area contributed by atoms with Gasteiger partial charge in [0.2, 0.25) is 0 Å². The number of hydrogen-bond donors (Lipinski definition) is 0. The summed E-state index contributed by atoms with van der Waals surface area (Å²) in [4.78, 5) is 2.67. The summed E-state index contributed by atoms with van der Waals surface area (Å²) in [5.41, 5.74) is 1.67. The molecule has 130 valence electrons. The number of allylic oxidation sites excluding steroid dienone is 2. The Morgan fingerprint density at radius 3 is 2.09 bits per heavy atom. The van der Waals surface area contributed by atoms with Crippen molar-refractivity contribution in [3.05, 3.63) is 11.8 Å². The van der Waals surface area contributed by atoms with E-state index in [4.69, 9.17) is 0 Å². The summed E-state index contributed by atoms with van der Waals surface area (Å²) in [7, 11) is 0. The summed E-state index contributed by atoms with van der Waals surface area (Å²) >= 11 is 0. The standard InChI is InChI=1S/C21H41N/c1-3-5-7-8-9-10-11-12-13-14-17-21-18-15-16-20-22(21)19-6-4-2/h17H,3-16,18-20H2,1-2H3. The molecule has 0 N–H and O–H groups in total. The molecule has 1 heterocycles. The maximum absolute atomic E-state index is 2.67. The molecule has 1 nitrogen and oxygen atoms in total. The zero-order valence-electron chi connectivity index (χ0n) is 15.5. The van der Waals surface area contributed by atoms with Crippen LogP contribution in [-0.2, 0) is 0 Å². The highest BCUT2D eigenvalue weighted by Crippen LogP contribution is 2.22. The van der Waals surface area contributed by atoms with E-state index in [9.17, 15) is 0 Å². The Balaban J connectivity index is 2.03. The maximum Gasteiger partial charge on any atom is 0.0175 e. The smallest absolute Gasteiger partial charge is 0.0175 e. The molecule has 0 aromatic heterocycles. The molecule has 0 aromatic rings. The highest BCUT2D eigenvalue weighted by Gasteiger charge is 2.13. The summed E-state index contributed by atoms with van der Waals surface area (Å²) in [6, 6.07) is 0. The first kappa shape index (κ1) is 19.6. The molecular formula is C21H41N. The highest BCUT2D eigenvalue weighted by atomic mass is 15.1. The number of nitrogens with zero attached hydrogens (tertiary/aromatic N) is 1. The van der Waals surface area contributed by atoms with Crippen LogP contribution in [-0.4, -0.2) is 18.0 Å². The zero-order chi connectivity index (χ0) is 15.9. The van der Waals surface area contributed by atoms with Crippen molar-refractivity contribution in [1.82, 2.24) is 4.90 Å². The Hall–Kier alpha value is -0.460. The fourth-order valence-electron chi connectivity index (χ4n) is 3.47. The maximum atomic E-state index is 2.67. The van der Waals surface area contributed by atoms with E-state index >= 15 is 0 Å². The van der Waals surface area contributed by atoms with Crippen LogP contribution in [0.15, 0.2) is 11.8 Å². The van der Waals surface area contributed by atoms with Gasteiger partial charge in [0.15, 0.2) is 0 Å². The van der Waals surface area contributed by atoms with Crippen LogP contribution in [0.5, 0.6) is 0 Å². The van der Waals surface area contributed by atoms with Crippen molar-refractivity contribution in [2.45, 2.75) is 110 Å². The van der Waals surface area contributed by atoms with E-state index in [1.54, 1.807) is 5.70 Å². The summed E-state index contributed by atoms with van der Waals surface area (Å²) in [6.45, 7) is 7.20. The lowest BCUT2D eigenvalue weighted by atomic mass is 10.0. The van der Waals surface area contributed by atoms with Crippen LogP contribution in [0, 0.1) is 0 Å². The SMILES string of the molecule is CCCCCCCCCCCC=C1CCCCN1CCCC. The fourth-order valence-corrected chi connectivity index (χ4v) is 3.47. The number of likely N-dealkylation sites (tertiary alicyclic amines) is 1. The zero-order valence-corrected chi connectivity index (χ0v) is 15.5. The van der Waals surface area contributed by atoms with Gasteiger partial charge in [-0.1, -0.05) is 77.7 Å². The van der Waals surface area contributed by atoms with Crippen molar-refractivity contribution in [2.24, 2.45) is 0 Å². The first-order chi connectivity index (χ1) is 10.9. The minimum Gasteiger partial charge on any atom is -0.375 e. The van der Waals surface area contributed by atoms with Gasteiger partial charge in [0.25, 0.3) is 0 Å². The van der Waals surface area contributed by atoms with Crippen LogP contribution >= 0.6 is 0 Å². The Bertz CT molecular complexity index is 269. The van der Waals surface area contributed by atoms with Crippen LogP contribution in [0.4, 0.5) is 0 Å². The topological polar surface area (TPSA) is 3.24 Å². The Morgan fingerprint density at radius 1 is 0.773 bits per heavy atom. The van der Waals surface area contributed by atoms with Crippen molar-refractivity contribution in [3.63, 3.8) is 0 Å². The molecule has 0 atom stereocenters. The lowest BCUT2D eigenvalue weighted by Gasteiger charge is -2.32. The minimum atomic E-state index is 1.29. The number of unbranched alkanes of at least 4 members (excludes halogenated alkanes) is 10. The Kier molecular flexibility index (Phi) is 12.6. The lowest BCUT2D eigenvalue weighted by molar-refractivity contribution is 0.284. The number of piperidine rings is 1. The molecule has 0 amide bonds. The molecule has 0 aromatic carbocycles. The summed E-state index contributed by atoms with van der Waals surface area (Å²) in [5, 5.41) is 0. The van der Waals surface area contributed by atoms with Gasteiger partial charge < -0.3 is 4.90 Å². The first-order valence-corrected chi connectivity index (χ1v) is 10.3. The third-order valence-electron chi connectivity index (χ3n) is 4.99. The van der Waals surface area contributed by atoms with Crippen molar-refractivity contribution in [2.75, 3.05) is 13.1 Å². The van der Waals surface area contributed by atoms with E-state index in [-0.39, 0.29) is 0 Å². The number of hydrogen-bond acceptors (Lipinski definition) is 1. The normalized spacial score (nSPS) is 17.4. The lowest BCUT2D eigenvalue weighted by Crippen LogP contribution is -2.28. The van der Waals surface area contributed by atoms with E-state index < -0.39 is 0 Å². The predicted octanol–water partition coefficient (Wildman–Crippen LogP) is 7.08. The van der Waals surface area contributed by atoms with Gasteiger partial charge in [-0.2, -0.15) is 0 Å². The molecule has 0 bridgehead atoms. The van der Waals surface area contributed by atoms with Crippen molar-refractivity contribution < 1.29 is 0 Å². The molecule has 0 spiro atoms. The average Bonchev–Trinajstić information content (AvgIpc) is 2.55. The van der Waals surface area contributed by atoms with Crippen molar-refractivity contribution in [1.29, 1.82) is 0 Å². The Morgan fingerprint density at radius 2 is 1.41 bits per heavy atom. The Labute approximate surface area is 140 Å². The van der Waals surface area contributed by atoms with Crippen LogP contribution in [0.2, 0.25) is 0 Å². The van der Waals surface area contributed by atoms with Gasteiger partial charge in [0.05, 0.1) is 0 Å². The number of rotatable bonds is 13. The third-order valence-corrected chi connectivity index (χ3v) is 4.99. The van der Waals surface area contributed by atoms with E-state index in [0.717, 1.165) is 0 Å². The van der Waals surface area contributed by atoms with Gasteiger partial charge in [-0.15, -0.1) is 0 Å². The predicted molar refractivity (Wildman–Crippen MR) is 100 cm³/mol. The van der Waals surface area contributed by atoms with Crippen LogP contribution in [0.1, 0.15) is 110 Å². The molecule has 22 heavy (non-hydrogen) atoms. The second-order valence-corrected chi connectivity index (χ2v) is 7.11. The van der Waals surface area contributed by atoms with Gasteiger partial charge in [0, 0.05) is 18.8 Å². The molecular weight excluding hydrogens is 266 g/mol. The molecule has 0 saturated carbocycles. The highest BCUT2D eigenvalue weighted by molar-refractivity contribution is 5.03. The van der Waals surface area contributed by atoms with Gasteiger partial charge in [0.1, 0.15) is 0 Å². The van der Waals surface area contributed by atoms with Crippen LogP contribution in [0.3, 0.4) is 0 Å². The minimum absolute atomic E-state index is 1.29. The van der Waals surface area contributed by atoms with Crippen molar-refractivity contribution in [3.8, 4) is 0 Å². The van der Waals surface area contributed by atoms with Gasteiger partial charge >= 0.3 is 0 Å². The average molecular weight is 308 g/mol. The van der Waals surface area contributed by atoms with E-state index in [0.29, 0.717) is 0 Å². The second kappa shape index (κ2) is 14.2. The molecule has 1 aliphatic rings. The van der Waals surface area contributed by atoms with Gasteiger partial charge in [-0.05, 0) is 38.5 Å². The molecule has 1 heteroatoms.